The summed E-state index contributed by atoms with van der Waals surface area (Å²) in [6.45, 7) is 0.0820. The predicted octanol–water partition coefficient (Wildman–Crippen LogP) is 3.77. The van der Waals surface area contributed by atoms with Gasteiger partial charge in [-0.05, 0) is 43.7 Å². The van der Waals surface area contributed by atoms with Crippen LogP contribution in [0.1, 0.15) is 41.9 Å². The molecule has 0 aliphatic heterocycles. The first-order valence-electron chi connectivity index (χ1n) is 10.2. The van der Waals surface area contributed by atoms with Gasteiger partial charge in [0.25, 0.3) is 11.8 Å². The molecule has 3 rings (SSSR count). The van der Waals surface area contributed by atoms with Crippen molar-refractivity contribution in [3.8, 4) is 5.75 Å². The van der Waals surface area contributed by atoms with Crippen LogP contribution in [-0.4, -0.2) is 41.0 Å². The molecule has 2 aromatic rings. The zero-order chi connectivity index (χ0) is 24.0. The third kappa shape index (κ3) is 7.28. The van der Waals surface area contributed by atoms with E-state index in [0.717, 1.165) is 25.1 Å². The van der Waals surface area contributed by atoms with Gasteiger partial charge in [0, 0.05) is 18.7 Å². The summed E-state index contributed by atoms with van der Waals surface area (Å²) >= 11 is 5.60. The fraction of sp³-hybridized carbons (Fsp3) is 0.429. The SMILES string of the molecule is O=C(COc1ccc(Cl)c(F)c1)N[C@H]1CC[C@H](CNC(=O)c2cnc(C(F)(F)F)cn2)CC1. The largest absolute Gasteiger partial charge is 0.484 e. The van der Waals surface area contributed by atoms with Gasteiger partial charge >= 0.3 is 6.18 Å². The third-order valence-corrected chi connectivity index (χ3v) is 5.51. The van der Waals surface area contributed by atoms with E-state index in [0.29, 0.717) is 25.6 Å². The summed E-state index contributed by atoms with van der Waals surface area (Å²) in [4.78, 5) is 30.9. The second-order valence-corrected chi connectivity index (χ2v) is 8.05. The number of carbonyl (C=O) groups excluding carboxylic acids is 2. The number of halogens is 5. The Bertz CT molecular complexity index is 980. The molecule has 2 amide bonds. The molecule has 12 heteroatoms. The van der Waals surface area contributed by atoms with Crippen LogP contribution in [0.2, 0.25) is 5.02 Å². The molecule has 0 unspecified atom stereocenters. The predicted molar refractivity (Wildman–Crippen MR) is 110 cm³/mol. The number of aromatic nitrogens is 2. The lowest BCUT2D eigenvalue weighted by molar-refractivity contribution is -0.141. The van der Waals surface area contributed by atoms with Crippen LogP contribution >= 0.6 is 11.6 Å². The molecular formula is C21H21ClF4N4O3. The molecule has 2 N–H and O–H groups in total. The fourth-order valence-corrected chi connectivity index (χ4v) is 3.53. The highest BCUT2D eigenvalue weighted by Gasteiger charge is 2.33. The molecule has 1 aromatic heterocycles. The van der Waals surface area contributed by atoms with Gasteiger partial charge in [-0.25, -0.2) is 14.4 Å². The average molecular weight is 489 g/mol. The van der Waals surface area contributed by atoms with Gasteiger partial charge in [0.15, 0.2) is 12.3 Å². The van der Waals surface area contributed by atoms with Crippen molar-refractivity contribution in [3.05, 3.63) is 52.8 Å². The first kappa shape index (κ1) is 24.7. The molecule has 0 saturated heterocycles. The minimum Gasteiger partial charge on any atom is -0.484 e. The molecule has 0 radical (unpaired) electrons. The summed E-state index contributed by atoms with van der Waals surface area (Å²) in [7, 11) is 0. The first-order valence-corrected chi connectivity index (χ1v) is 10.5. The summed E-state index contributed by atoms with van der Waals surface area (Å²) in [5.74, 6) is -1.20. The van der Waals surface area contributed by atoms with Gasteiger partial charge in [-0.3, -0.25) is 9.59 Å². The van der Waals surface area contributed by atoms with Crippen molar-refractivity contribution in [2.75, 3.05) is 13.2 Å². The molecule has 7 nitrogen and oxygen atoms in total. The van der Waals surface area contributed by atoms with Gasteiger partial charge in [-0.1, -0.05) is 11.6 Å². The number of hydrogen-bond acceptors (Lipinski definition) is 5. The second kappa shape index (κ2) is 10.8. The normalized spacial score (nSPS) is 18.5. The molecule has 33 heavy (non-hydrogen) atoms. The lowest BCUT2D eigenvalue weighted by Crippen LogP contribution is -2.41. The van der Waals surface area contributed by atoms with Crippen LogP contribution in [-0.2, 0) is 11.0 Å². The minimum atomic E-state index is -4.62. The van der Waals surface area contributed by atoms with Gasteiger partial charge in [-0.2, -0.15) is 13.2 Å². The van der Waals surface area contributed by atoms with Crippen molar-refractivity contribution < 1.29 is 31.9 Å². The average Bonchev–Trinajstić information content (AvgIpc) is 2.78. The number of carbonyl (C=O) groups is 2. The molecule has 1 heterocycles. The Morgan fingerprint density at radius 1 is 1.12 bits per heavy atom. The number of nitrogens with zero attached hydrogens (tertiary/aromatic N) is 2. The van der Waals surface area contributed by atoms with E-state index in [1.54, 1.807) is 0 Å². The van der Waals surface area contributed by atoms with E-state index in [2.05, 4.69) is 20.6 Å². The maximum atomic E-state index is 13.4. The molecule has 1 aromatic carbocycles. The number of amides is 2. The van der Waals surface area contributed by atoms with Crippen molar-refractivity contribution in [3.63, 3.8) is 0 Å². The van der Waals surface area contributed by atoms with Crippen LogP contribution in [0.5, 0.6) is 5.75 Å². The van der Waals surface area contributed by atoms with Crippen LogP contribution < -0.4 is 15.4 Å². The molecular weight excluding hydrogens is 468 g/mol. The first-order chi connectivity index (χ1) is 15.6. The summed E-state index contributed by atoms with van der Waals surface area (Å²) in [6.07, 6.45) is -0.415. The lowest BCUT2D eigenvalue weighted by Gasteiger charge is -2.29. The standard InChI is InChI=1S/C21H21ClF4N4O3/c22-15-6-5-14(7-16(15)23)33-11-19(31)30-13-3-1-12(2-4-13)8-29-20(32)17-9-28-18(10-27-17)21(24,25)26/h5-7,9-10,12-13H,1-4,8,11H2,(H,29,32)(H,30,31)/t12-,13-. The quantitative estimate of drug-likeness (QED) is 0.579. The van der Waals surface area contributed by atoms with E-state index in [1.165, 1.54) is 12.1 Å². The van der Waals surface area contributed by atoms with Gasteiger partial charge in [0.05, 0.1) is 17.4 Å². The Kier molecular flexibility index (Phi) is 8.06. The molecule has 0 spiro atoms. The highest BCUT2D eigenvalue weighted by atomic mass is 35.5. The molecule has 0 atom stereocenters. The second-order valence-electron chi connectivity index (χ2n) is 7.64. The zero-order valence-electron chi connectivity index (χ0n) is 17.3. The van der Waals surface area contributed by atoms with Crippen molar-refractivity contribution in [2.24, 2.45) is 5.92 Å². The lowest BCUT2D eigenvalue weighted by atomic mass is 9.86. The smallest absolute Gasteiger partial charge is 0.434 e. The van der Waals surface area contributed by atoms with Crippen molar-refractivity contribution in [2.45, 2.75) is 37.9 Å². The van der Waals surface area contributed by atoms with E-state index >= 15 is 0 Å². The topological polar surface area (TPSA) is 93.2 Å². The van der Waals surface area contributed by atoms with E-state index in [4.69, 9.17) is 16.3 Å². The number of hydrogen-bond donors (Lipinski definition) is 2. The van der Waals surface area contributed by atoms with Crippen LogP contribution in [0.15, 0.2) is 30.6 Å². The third-order valence-electron chi connectivity index (χ3n) is 5.20. The molecule has 1 aliphatic rings. The fourth-order valence-electron chi connectivity index (χ4n) is 3.42. The summed E-state index contributed by atoms with van der Waals surface area (Å²) < 4.78 is 56.2. The highest BCUT2D eigenvalue weighted by Crippen LogP contribution is 2.27. The maximum Gasteiger partial charge on any atom is 0.434 e. The van der Waals surface area contributed by atoms with Gasteiger partial charge in [-0.15, -0.1) is 0 Å². The summed E-state index contributed by atoms with van der Waals surface area (Å²) in [5, 5.41) is 5.49. The Morgan fingerprint density at radius 3 is 2.45 bits per heavy atom. The van der Waals surface area contributed by atoms with Crippen molar-refractivity contribution in [1.29, 1.82) is 0 Å². The maximum absolute atomic E-state index is 13.4. The molecule has 1 aliphatic carbocycles. The van der Waals surface area contributed by atoms with E-state index < -0.39 is 23.6 Å². The zero-order valence-corrected chi connectivity index (χ0v) is 18.0. The van der Waals surface area contributed by atoms with Crippen LogP contribution in [0.4, 0.5) is 17.6 Å². The summed E-state index contributed by atoms with van der Waals surface area (Å²) in [6, 6.07) is 3.87. The van der Waals surface area contributed by atoms with Crippen LogP contribution in [0.25, 0.3) is 0 Å². The molecule has 1 fully saturated rings. The monoisotopic (exact) mass is 488 g/mol. The number of benzene rings is 1. The minimum absolute atomic E-state index is 0.0351. The van der Waals surface area contributed by atoms with Crippen LogP contribution in [0, 0.1) is 11.7 Å². The Balaban J connectivity index is 1.36. The molecule has 0 bridgehead atoms. The van der Waals surface area contributed by atoms with Gasteiger partial charge < -0.3 is 15.4 Å². The molecule has 178 valence electrons. The molecule has 1 saturated carbocycles. The highest BCUT2D eigenvalue weighted by molar-refractivity contribution is 6.30. The number of nitrogens with one attached hydrogen (secondary N) is 2. The Hall–Kier alpha value is -2.95. The Labute approximate surface area is 191 Å². The Morgan fingerprint density at radius 2 is 1.85 bits per heavy atom. The van der Waals surface area contributed by atoms with Gasteiger partial charge in [0.2, 0.25) is 0 Å². The van der Waals surface area contributed by atoms with Crippen molar-refractivity contribution in [1.82, 2.24) is 20.6 Å². The number of ether oxygens (including phenoxy) is 1. The number of rotatable bonds is 7. The van der Waals surface area contributed by atoms with E-state index in [9.17, 15) is 27.2 Å². The van der Waals surface area contributed by atoms with Crippen molar-refractivity contribution >= 4 is 23.4 Å². The van der Waals surface area contributed by atoms with Gasteiger partial charge in [0.1, 0.15) is 17.3 Å². The van der Waals surface area contributed by atoms with E-state index in [-0.39, 0.29) is 40.9 Å². The van der Waals surface area contributed by atoms with E-state index in [1.807, 2.05) is 0 Å². The summed E-state index contributed by atoms with van der Waals surface area (Å²) in [5.41, 5.74) is -1.35. The van der Waals surface area contributed by atoms with Crippen LogP contribution in [0.3, 0.4) is 0 Å². The number of alkyl halides is 3.